The minimum absolute atomic E-state index is 0.398. The van der Waals surface area contributed by atoms with E-state index in [1.807, 2.05) is 55.8 Å². The van der Waals surface area contributed by atoms with Crippen LogP contribution in [-0.4, -0.2) is 61.4 Å². The first-order chi connectivity index (χ1) is 14.6. The number of aliphatic imine (C=N–C) groups is 1. The number of unbranched alkanes of at least 4 members (excludes halogenated alkanes) is 1. The van der Waals surface area contributed by atoms with Gasteiger partial charge in [-0.3, -0.25) is 14.9 Å². The van der Waals surface area contributed by atoms with Crippen LogP contribution in [0.2, 0.25) is 0 Å². The molecule has 0 saturated heterocycles. The second-order valence-corrected chi connectivity index (χ2v) is 8.20. The molecule has 1 aromatic carbocycles. The van der Waals surface area contributed by atoms with E-state index >= 15 is 0 Å². The number of hydrogen-bond donors (Lipinski definition) is 2. The van der Waals surface area contributed by atoms with Gasteiger partial charge in [-0.25, -0.2) is 0 Å². The number of para-hydroxylation sites is 2. The highest BCUT2D eigenvalue weighted by atomic mass is 15.2. The van der Waals surface area contributed by atoms with Crippen molar-refractivity contribution in [2.45, 2.75) is 38.1 Å². The van der Waals surface area contributed by atoms with E-state index in [9.17, 15) is 0 Å². The first-order valence-corrected chi connectivity index (χ1v) is 11.1. The molecule has 1 aliphatic rings. The van der Waals surface area contributed by atoms with Crippen LogP contribution < -0.4 is 11.1 Å². The second-order valence-electron chi connectivity index (χ2n) is 8.20. The number of pyridine rings is 1. The molecule has 0 saturated carbocycles. The first kappa shape index (κ1) is 22.1. The predicted octanol–water partition coefficient (Wildman–Crippen LogP) is 3.83. The lowest BCUT2D eigenvalue weighted by molar-refractivity contribution is 0.178. The Balaban J connectivity index is 1.61. The van der Waals surface area contributed by atoms with Crippen LogP contribution in [0.25, 0.3) is 0 Å². The van der Waals surface area contributed by atoms with E-state index in [1.54, 1.807) is 0 Å². The molecule has 3 N–H and O–H groups in total. The smallest absolute Gasteiger partial charge is 0.0844 e. The fourth-order valence-corrected chi connectivity index (χ4v) is 4.10. The van der Waals surface area contributed by atoms with Gasteiger partial charge in [0.15, 0.2) is 0 Å². The third-order valence-corrected chi connectivity index (χ3v) is 5.58. The summed E-state index contributed by atoms with van der Waals surface area (Å²) < 4.78 is 0. The van der Waals surface area contributed by atoms with Crippen LogP contribution in [0.4, 0.5) is 11.4 Å². The molecule has 1 atom stereocenters. The Morgan fingerprint density at radius 1 is 1.17 bits per heavy atom. The van der Waals surface area contributed by atoms with E-state index in [-0.39, 0.29) is 0 Å². The molecular weight excluding hydrogens is 372 g/mol. The fraction of sp³-hybridized carbons (Fsp3) is 0.500. The molecule has 1 aliphatic carbocycles. The topological polar surface area (TPSA) is 69.8 Å². The van der Waals surface area contributed by atoms with Crippen molar-refractivity contribution in [1.82, 2.24) is 14.8 Å². The summed E-state index contributed by atoms with van der Waals surface area (Å²) in [5.74, 6) is 0. The monoisotopic (exact) mass is 408 g/mol. The summed E-state index contributed by atoms with van der Waals surface area (Å²) >= 11 is 0. The van der Waals surface area contributed by atoms with Gasteiger partial charge >= 0.3 is 0 Å². The van der Waals surface area contributed by atoms with E-state index in [1.165, 1.54) is 24.1 Å². The van der Waals surface area contributed by atoms with Gasteiger partial charge < -0.3 is 16.0 Å². The van der Waals surface area contributed by atoms with Crippen LogP contribution in [0.3, 0.4) is 0 Å². The van der Waals surface area contributed by atoms with E-state index in [2.05, 4.69) is 27.3 Å². The quantitative estimate of drug-likeness (QED) is 0.256. The van der Waals surface area contributed by atoms with E-state index in [4.69, 9.17) is 10.7 Å². The van der Waals surface area contributed by atoms with Crippen molar-refractivity contribution in [3.8, 4) is 0 Å². The highest BCUT2D eigenvalue weighted by molar-refractivity contribution is 5.65. The number of rotatable bonds is 11. The van der Waals surface area contributed by atoms with Gasteiger partial charge in [-0.05, 0) is 62.4 Å². The van der Waals surface area contributed by atoms with Crippen molar-refractivity contribution in [3.05, 3.63) is 53.9 Å². The normalized spacial score (nSPS) is 16.0. The minimum atomic E-state index is 0.398. The Kier molecular flexibility index (Phi) is 8.51. The molecule has 1 unspecified atom stereocenters. The van der Waals surface area contributed by atoms with Crippen LogP contribution in [0, 0.1) is 0 Å². The molecule has 0 bridgehead atoms. The summed E-state index contributed by atoms with van der Waals surface area (Å²) in [6.45, 7) is 3.77. The first-order valence-electron chi connectivity index (χ1n) is 11.1. The third-order valence-electron chi connectivity index (χ3n) is 5.58. The number of nitrogens with zero attached hydrogens (tertiary/aromatic N) is 4. The molecule has 6 nitrogen and oxygen atoms in total. The molecule has 30 heavy (non-hydrogen) atoms. The van der Waals surface area contributed by atoms with Crippen molar-refractivity contribution in [3.63, 3.8) is 0 Å². The van der Waals surface area contributed by atoms with Crippen LogP contribution >= 0.6 is 0 Å². The van der Waals surface area contributed by atoms with E-state index < -0.39 is 0 Å². The molecule has 6 heteroatoms. The van der Waals surface area contributed by atoms with E-state index in [0.29, 0.717) is 6.04 Å². The SMILES string of the molecule is CN(C)/C=N/CCCCN(CCNc1ccccc1N)C1CCCc2cccnc21. The zero-order valence-electron chi connectivity index (χ0n) is 18.4. The van der Waals surface area contributed by atoms with E-state index in [0.717, 1.165) is 56.8 Å². The van der Waals surface area contributed by atoms with Crippen LogP contribution in [0.1, 0.15) is 43.0 Å². The molecule has 1 aromatic heterocycles. The number of aryl methyl sites for hydroxylation is 1. The standard InChI is InChI=1S/C24H36N6/c1-29(2)19-26-14-5-6-17-30(18-16-27-22-12-4-3-11-21(22)25)23-13-7-9-20-10-8-15-28-24(20)23/h3-4,8,10-12,15,19,23,27H,5-7,9,13-14,16-18,25H2,1-2H3/b26-19+. The Hall–Kier alpha value is -2.60. The number of aromatic nitrogens is 1. The number of nitrogens with one attached hydrogen (secondary N) is 1. The molecule has 0 amide bonds. The molecule has 0 aliphatic heterocycles. The fourth-order valence-electron chi connectivity index (χ4n) is 4.10. The highest BCUT2D eigenvalue weighted by Gasteiger charge is 2.26. The van der Waals surface area contributed by atoms with Crippen LogP contribution in [0.5, 0.6) is 0 Å². The zero-order chi connectivity index (χ0) is 21.2. The molecule has 2 aromatic rings. The lowest BCUT2D eigenvalue weighted by Crippen LogP contribution is -2.36. The average molecular weight is 409 g/mol. The van der Waals surface area contributed by atoms with Gasteiger partial charge in [-0.2, -0.15) is 0 Å². The maximum Gasteiger partial charge on any atom is 0.0844 e. The Morgan fingerprint density at radius 2 is 2.03 bits per heavy atom. The van der Waals surface area contributed by atoms with Crippen LogP contribution in [0.15, 0.2) is 47.6 Å². The third kappa shape index (κ3) is 6.46. The maximum absolute atomic E-state index is 6.09. The van der Waals surface area contributed by atoms with Gasteiger partial charge in [-0.15, -0.1) is 0 Å². The molecule has 162 valence electrons. The van der Waals surface area contributed by atoms with Gasteiger partial charge in [0.2, 0.25) is 0 Å². The van der Waals surface area contributed by atoms with Crippen molar-refractivity contribution in [2.24, 2.45) is 4.99 Å². The molecular formula is C24H36N6. The van der Waals surface area contributed by atoms with Crippen LogP contribution in [-0.2, 0) is 6.42 Å². The summed E-state index contributed by atoms with van der Waals surface area (Å²) in [4.78, 5) is 13.8. The minimum Gasteiger partial charge on any atom is -0.397 e. The van der Waals surface area contributed by atoms with Crippen molar-refractivity contribution in [2.75, 3.05) is 51.3 Å². The summed E-state index contributed by atoms with van der Waals surface area (Å²) in [6.07, 6.45) is 9.62. The van der Waals surface area contributed by atoms with Gasteiger partial charge in [0, 0.05) is 39.9 Å². The van der Waals surface area contributed by atoms with Gasteiger partial charge in [0.1, 0.15) is 0 Å². The van der Waals surface area contributed by atoms with Crippen molar-refractivity contribution >= 4 is 17.7 Å². The lowest BCUT2D eigenvalue weighted by atomic mass is 9.90. The Morgan fingerprint density at radius 3 is 2.87 bits per heavy atom. The summed E-state index contributed by atoms with van der Waals surface area (Å²) in [5, 5.41) is 3.51. The lowest BCUT2D eigenvalue weighted by Gasteiger charge is -2.35. The second kappa shape index (κ2) is 11.6. The number of benzene rings is 1. The van der Waals surface area contributed by atoms with Gasteiger partial charge in [0.05, 0.1) is 29.4 Å². The van der Waals surface area contributed by atoms with Crippen molar-refractivity contribution < 1.29 is 0 Å². The largest absolute Gasteiger partial charge is 0.397 e. The Labute approximate surface area is 181 Å². The molecule has 3 rings (SSSR count). The molecule has 1 heterocycles. The van der Waals surface area contributed by atoms with Gasteiger partial charge in [0.25, 0.3) is 0 Å². The maximum atomic E-state index is 6.09. The predicted molar refractivity (Wildman–Crippen MR) is 127 cm³/mol. The van der Waals surface area contributed by atoms with Gasteiger partial charge in [-0.1, -0.05) is 18.2 Å². The molecule has 0 radical (unpaired) electrons. The number of nitrogens with two attached hydrogens (primary N) is 1. The Bertz CT molecular complexity index is 804. The number of nitrogen functional groups attached to an aromatic ring is 1. The summed E-state index contributed by atoms with van der Waals surface area (Å²) in [6, 6.07) is 12.7. The molecule has 0 fully saturated rings. The number of anilines is 2. The summed E-state index contributed by atoms with van der Waals surface area (Å²) in [7, 11) is 4.01. The van der Waals surface area contributed by atoms with Crippen molar-refractivity contribution in [1.29, 1.82) is 0 Å². The number of hydrogen-bond acceptors (Lipinski definition) is 5. The summed E-state index contributed by atoms with van der Waals surface area (Å²) in [5.41, 5.74) is 10.6. The highest BCUT2D eigenvalue weighted by Crippen LogP contribution is 2.32. The average Bonchev–Trinajstić information content (AvgIpc) is 2.75. The molecule has 0 spiro atoms. The number of fused-ring (bicyclic) bond motifs is 1. The zero-order valence-corrected chi connectivity index (χ0v) is 18.4.